The van der Waals surface area contributed by atoms with Crippen LogP contribution in [0.2, 0.25) is 0 Å². The summed E-state index contributed by atoms with van der Waals surface area (Å²) in [5, 5.41) is 6.34. The zero-order valence-electron chi connectivity index (χ0n) is 16.5. The third kappa shape index (κ3) is 4.49. The third-order valence-electron chi connectivity index (χ3n) is 4.62. The molecule has 2 aromatic carbocycles. The van der Waals surface area contributed by atoms with Gasteiger partial charge in [0.05, 0.1) is 24.6 Å². The lowest BCUT2D eigenvalue weighted by Crippen LogP contribution is -2.12. The summed E-state index contributed by atoms with van der Waals surface area (Å²) in [4.78, 5) is 16.8. The van der Waals surface area contributed by atoms with E-state index < -0.39 is 0 Å². The Balaban J connectivity index is 1.79. The first kappa shape index (κ1) is 19.4. The van der Waals surface area contributed by atoms with E-state index in [2.05, 4.69) is 47.7 Å². The molecule has 0 atom stereocenters. The molecule has 1 amide bonds. The van der Waals surface area contributed by atoms with Gasteiger partial charge in [0.15, 0.2) is 0 Å². The number of pyridine rings is 1. The van der Waals surface area contributed by atoms with Gasteiger partial charge in [-0.1, -0.05) is 32.0 Å². The summed E-state index contributed by atoms with van der Waals surface area (Å²) in [5.74, 6) is 0.535. The van der Waals surface area contributed by atoms with Crippen molar-refractivity contribution in [3.63, 3.8) is 0 Å². The molecule has 5 nitrogen and oxygen atoms in total. The van der Waals surface area contributed by atoms with Gasteiger partial charge in [-0.3, -0.25) is 9.78 Å². The van der Waals surface area contributed by atoms with Crippen molar-refractivity contribution in [1.29, 1.82) is 0 Å². The Hall–Kier alpha value is -3.34. The summed E-state index contributed by atoms with van der Waals surface area (Å²) < 4.78 is 5.14. The van der Waals surface area contributed by atoms with E-state index in [-0.39, 0.29) is 5.91 Å². The van der Waals surface area contributed by atoms with Gasteiger partial charge in [0.2, 0.25) is 0 Å². The molecule has 0 saturated heterocycles. The Bertz CT molecular complexity index is 930. The molecule has 3 aromatic rings. The fraction of sp³-hybridized carbons (Fsp3) is 0.217. The van der Waals surface area contributed by atoms with Gasteiger partial charge in [0.1, 0.15) is 5.75 Å². The molecule has 0 aliphatic heterocycles. The second kappa shape index (κ2) is 9.04. The number of ether oxygens (including phenoxy) is 1. The van der Waals surface area contributed by atoms with E-state index in [1.165, 1.54) is 11.1 Å². The molecule has 28 heavy (non-hydrogen) atoms. The average Bonchev–Trinajstić information content (AvgIpc) is 2.74. The molecule has 0 bridgehead atoms. The Labute approximate surface area is 165 Å². The molecule has 1 aromatic heterocycles. The molecule has 0 aliphatic rings. The van der Waals surface area contributed by atoms with Crippen LogP contribution in [0.25, 0.3) is 0 Å². The lowest BCUT2D eigenvalue weighted by molar-refractivity contribution is 0.102. The number of carbonyl (C=O) groups is 1. The van der Waals surface area contributed by atoms with Crippen LogP contribution < -0.4 is 15.4 Å². The van der Waals surface area contributed by atoms with Crippen LogP contribution in [0.3, 0.4) is 0 Å². The molecule has 144 valence electrons. The second-order valence-corrected chi connectivity index (χ2v) is 6.43. The number of hydrogen-bond acceptors (Lipinski definition) is 4. The predicted octanol–water partition coefficient (Wildman–Crippen LogP) is 5.21. The van der Waals surface area contributed by atoms with Gasteiger partial charge in [-0.15, -0.1) is 0 Å². The van der Waals surface area contributed by atoms with Crippen LogP contribution in [0.4, 0.5) is 17.1 Å². The number of aryl methyl sites for hydroxylation is 2. The fourth-order valence-corrected chi connectivity index (χ4v) is 3.06. The lowest BCUT2D eigenvalue weighted by atomic mass is 10.0. The number of rotatable bonds is 7. The minimum absolute atomic E-state index is 0.208. The van der Waals surface area contributed by atoms with Crippen LogP contribution in [0.15, 0.2) is 60.9 Å². The molecule has 5 heteroatoms. The molecule has 0 fully saturated rings. The molecular formula is C23H25N3O2. The Kier molecular flexibility index (Phi) is 6.27. The zero-order valence-corrected chi connectivity index (χ0v) is 16.5. The van der Waals surface area contributed by atoms with Gasteiger partial charge in [-0.05, 0) is 54.3 Å². The number of benzene rings is 2. The van der Waals surface area contributed by atoms with Crippen molar-refractivity contribution in [1.82, 2.24) is 4.98 Å². The summed E-state index contributed by atoms with van der Waals surface area (Å²) in [7, 11) is 1.61. The minimum atomic E-state index is -0.208. The number of nitrogens with one attached hydrogen (secondary N) is 2. The van der Waals surface area contributed by atoms with E-state index in [1.54, 1.807) is 43.8 Å². The van der Waals surface area contributed by atoms with Gasteiger partial charge in [0.25, 0.3) is 5.91 Å². The van der Waals surface area contributed by atoms with E-state index in [9.17, 15) is 4.79 Å². The van der Waals surface area contributed by atoms with Crippen LogP contribution >= 0.6 is 0 Å². The Morgan fingerprint density at radius 2 is 1.64 bits per heavy atom. The number of nitrogens with zero attached hydrogens (tertiary/aromatic N) is 1. The van der Waals surface area contributed by atoms with Crippen molar-refractivity contribution in [3.8, 4) is 5.75 Å². The highest BCUT2D eigenvalue weighted by Crippen LogP contribution is 2.26. The third-order valence-corrected chi connectivity index (χ3v) is 4.62. The summed E-state index contributed by atoms with van der Waals surface area (Å²) >= 11 is 0. The van der Waals surface area contributed by atoms with E-state index >= 15 is 0 Å². The number of anilines is 3. The normalized spacial score (nSPS) is 10.4. The summed E-state index contributed by atoms with van der Waals surface area (Å²) in [6, 6.07) is 15.4. The SMILES string of the molecule is CCc1cccc(CC)c1Nc1cncc(C(=O)Nc2ccc(OC)cc2)c1. The smallest absolute Gasteiger partial charge is 0.257 e. The Morgan fingerprint density at radius 1 is 0.964 bits per heavy atom. The molecule has 0 spiro atoms. The van der Waals surface area contributed by atoms with Gasteiger partial charge in [-0.2, -0.15) is 0 Å². The average molecular weight is 375 g/mol. The maximum Gasteiger partial charge on any atom is 0.257 e. The maximum absolute atomic E-state index is 12.6. The van der Waals surface area contributed by atoms with E-state index in [1.807, 2.05) is 6.07 Å². The van der Waals surface area contributed by atoms with Crippen LogP contribution in [0.5, 0.6) is 5.75 Å². The standard InChI is InChI=1S/C23H25N3O2/c1-4-16-7-6-8-17(5-2)22(16)25-20-13-18(14-24-15-20)23(27)26-19-9-11-21(28-3)12-10-19/h6-15,25H,4-5H2,1-3H3,(H,26,27). The van der Waals surface area contributed by atoms with Crippen LogP contribution in [0, 0.1) is 0 Å². The molecule has 0 saturated carbocycles. The van der Waals surface area contributed by atoms with E-state index in [4.69, 9.17) is 4.74 Å². The number of para-hydroxylation sites is 1. The van der Waals surface area contributed by atoms with E-state index in [0.717, 1.165) is 30.0 Å². The van der Waals surface area contributed by atoms with Crippen molar-refractivity contribution < 1.29 is 9.53 Å². The summed E-state index contributed by atoms with van der Waals surface area (Å²) in [6.45, 7) is 4.27. The summed E-state index contributed by atoms with van der Waals surface area (Å²) in [5.41, 5.74) is 5.57. The van der Waals surface area contributed by atoms with Gasteiger partial charge < -0.3 is 15.4 Å². The van der Waals surface area contributed by atoms with Gasteiger partial charge >= 0.3 is 0 Å². The van der Waals surface area contributed by atoms with Gasteiger partial charge in [0, 0.05) is 17.6 Å². The molecule has 0 unspecified atom stereocenters. The lowest BCUT2D eigenvalue weighted by Gasteiger charge is -2.15. The van der Waals surface area contributed by atoms with Crippen molar-refractivity contribution in [2.45, 2.75) is 26.7 Å². The highest BCUT2D eigenvalue weighted by atomic mass is 16.5. The fourth-order valence-electron chi connectivity index (χ4n) is 3.06. The molecule has 0 radical (unpaired) electrons. The first-order valence-corrected chi connectivity index (χ1v) is 9.42. The number of hydrogen-bond donors (Lipinski definition) is 2. The highest BCUT2D eigenvalue weighted by molar-refractivity contribution is 6.04. The zero-order chi connectivity index (χ0) is 19.9. The molecule has 3 rings (SSSR count). The maximum atomic E-state index is 12.6. The van der Waals surface area contributed by atoms with Gasteiger partial charge in [-0.25, -0.2) is 0 Å². The van der Waals surface area contributed by atoms with Crippen LogP contribution in [0.1, 0.15) is 35.3 Å². The van der Waals surface area contributed by atoms with E-state index in [0.29, 0.717) is 11.3 Å². The molecule has 2 N–H and O–H groups in total. The van der Waals surface area contributed by atoms with Crippen LogP contribution in [-0.4, -0.2) is 18.0 Å². The highest BCUT2D eigenvalue weighted by Gasteiger charge is 2.10. The van der Waals surface area contributed by atoms with Crippen molar-refractivity contribution in [2.75, 3.05) is 17.7 Å². The molecule has 0 aliphatic carbocycles. The quantitative estimate of drug-likeness (QED) is 0.595. The molecule has 1 heterocycles. The van der Waals surface area contributed by atoms with Crippen LogP contribution in [-0.2, 0) is 12.8 Å². The van der Waals surface area contributed by atoms with Crippen molar-refractivity contribution in [2.24, 2.45) is 0 Å². The number of aromatic nitrogens is 1. The largest absolute Gasteiger partial charge is 0.497 e. The van der Waals surface area contributed by atoms with Crippen molar-refractivity contribution in [3.05, 3.63) is 77.6 Å². The second-order valence-electron chi connectivity index (χ2n) is 6.43. The topological polar surface area (TPSA) is 63.2 Å². The number of methoxy groups -OCH3 is 1. The van der Waals surface area contributed by atoms with Crippen molar-refractivity contribution >= 4 is 23.0 Å². The first-order valence-electron chi connectivity index (χ1n) is 9.42. The summed E-state index contributed by atoms with van der Waals surface area (Å²) in [6.07, 6.45) is 5.16. The minimum Gasteiger partial charge on any atom is -0.497 e. The number of amides is 1. The predicted molar refractivity (Wildman–Crippen MR) is 114 cm³/mol. The Morgan fingerprint density at radius 3 is 2.25 bits per heavy atom. The molecular weight excluding hydrogens is 350 g/mol. The number of carbonyl (C=O) groups excluding carboxylic acids is 1. The monoisotopic (exact) mass is 375 g/mol. The first-order chi connectivity index (χ1) is 13.6.